The number of hydrogen-bond acceptors (Lipinski definition) is 4. The number of carbonyl (C=O) groups is 1. The molecule has 16 heavy (non-hydrogen) atoms. The molecule has 2 saturated heterocycles. The van der Waals surface area contributed by atoms with Crippen molar-refractivity contribution in [1.29, 1.82) is 0 Å². The monoisotopic (exact) mass is 227 g/mol. The first-order valence-corrected chi connectivity index (χ1v) is 6.12. The van der Waals surface area contributed by atoms with Gasteiger partial charge in [-0.3, -0.25) is 4.90 Å². The van der Waals surface area contributed by atoms with E-state index in [9.17, 15) is 4.79 Å². The molecule has 4 heteroatoms. The maximum absolute atomic E-state index is 11.3. The highest BCUT2D eigenvalue weighted by Gasteiger charge is 2.36. The molecular weight excluding hydrogens is 206 g/mol. The second kappa shape index (κ2) is 5.25. The third-order valence-electron chi connectivity index (χ3n) is 3.76. The van der Waals surface area contributed by atoms with Crippen LogP contribution in [-0.2, 0) is 14.3 Å². The molecule has 92 valence electrons. The third kappa shape index (κ3) is 2.62. The summed E-state index contributed by atoms with van der Waals surface area (Å²) < 4.78 is 10.8. The van der Waals surface area contributed by atoms with Gasteiger partial charge in [0.15, 0.2) is 0 Å². The molecule has 0 bridgehead atoms. The zero-order valence-electron chi connectivity index (χ0n) is 9.98. The van der Waals surface area contributed by atoms with Crippen LogP contribution in [0.15, 0.2) is 0 Å². The van der Waals surface area contributed by atoms with Crippen molar-refractivity contribution >= 4 is 6.29 Å². The van der Waals surface area contributed by atoms with E-state index in [1.54, 1.807) is 0 Å². The maximum Gasteiger partial charge on any atom is 0.127 e. The van der Waals surface area contributed by atoms with Crippen molar-refractivity contribution in [2.75, 3.05) is 39.5 Å². The van der Waals surface area contributed by atoms with Crippen LogP contribution in [0.5, 0.6) is 0 Å². The number of ether oxygens (including phenoxy) is 2. The zero-order chi connectivity index (χ0) is 11.4. The van der Waals surface area contributed by atoms with E-state index in [2.05, 4.69) is 11.8 Å². The van der Waals surface area contributed by atoms with Gasteiger partial charge in [-0.2, -0.15) is 0 Å². The Labute approximate surface area is 96.9 Å². The van der Waals surface area contributed by atoms with Crippen molar-refractivity contribution < 1.29 is 14.3 Å². The Hall–Kier alpha value is -0.450. The lowest BCUT2D eigenvalue weighted by Gasteiger charge is -2.41. The molecule has 0 spiro atoms. The lowest BCUT2D eigenvalue weighted by atomic mass is 9.81. The molecule has 0 aromatic heterocycles. The smallest absolute Gasteiger partial charge is 0.127 e. The first kappa shape index (κ1) is 12.0. The summed E-state index contributed by atoms with van der Waals surface area (Å²) in [5.74, 6) is 0. The Morgan fingerprint density at radius 1 is 1.31 bits per heavy atom. The van der Waals surface area contributed by atoms with Crippen LogP contribution < -0.4 is 0 Å². The fourth-order valence-electron chi connectivity index (χ4n) is 2.49. The molecule has 0 N–H and O–H groups in total. The number of hydrogen-bond donors (Lipinski definition) is 0. The standard InChI is InChI=1S/C12H21NO3/c1-11-8-16-7-4-13(11)9-12(10-14)2-5-15-6-3-12/h10-11H,2-9H2,1H3. The van der Waals surface area contributed by atoms with Crippen molar-refractivity contribution in [2.45, 2.75) is 25.8 Å². The van der Waals surface area contributed by atoms with Crippen LogP contribution in [0.2, 0.25) is 0 Å². The summed E-state index contributed by atoms with van der Waals surface area (Å²) in [7, 11) is 0. The van der Waals surface area contributed by atoms with E-state index in [0.29, 0.717) is 6.04 Å². The van der Waals surface area contributed by atoms with Gasteiger partial charge < -0.3 is 14.3 Å². The molecule has 0 aromatic carbocycles. The first-order chi connectivity index (χ1) is 7.76. The molecule has 4 nitrogen and oxygen atoms in total. The minimum atomic E-state index is -0.177. The summed E-state index contributed by atoms with van der Waals surface area (Å²) in [6.07, 6.45) is 2.87. The first-order valence-electron chi connectivity index (χ1n) is 6.12. The van der Waals surface area contributed by atoms with Crippen LogP contribution in [0.3, 0.4) is 0 Å². The van der Waals surface area contributed by atoms with Crippen LogP contribution in [0.25, 0.3) is 0 Å². The normalized spacial score (nSPS) is 31.2. The predicted molar refractivity (Wildman–Crippen MR) is 60.4 cm³/mol. The minimum absolute atomic E-state index is 0.177. The van der Waals surface area contributed by atoms with Gasteiger partial charge in [-0.15, -0.1) is 0 Å². The highest BCUT2D eigenvalue weighted by atomic mass is 16.5. The highest BCUT2D eigenvalue weighted by molar-refractivity contribution is 5.60. The largest absolute Gasteiger partial charge is 0.381 e. The van der Waals surface area contributed by atoms with E-state index in [1.807, 2.05) is 0 Å². The van der Waals surface area contributed by atoms with Gasteiger partial charge >= 0.3 is 0 Å². The van der Waals surface area contributed by atoms with E-state index in [-0.39, 0.29) is 5.41 Å². The van der Waals surface area contributed by atoms with Crippen LogP contribution in [-0.4, -0.2) is 56.7 Å². The second-order valence-corrected chi connectivity index (χ2v) is 4.99. The summed E-state index contributed by atoms with van der Waals surface area (Å²) in [6, 6.07) is 0.424. The van der Waals surface area contributed by atoms with Gasteiger partial charge in [0.25, 0.3) is 0 Å². The van der Waals surface area contributed by atoms with E-state index in [1.165, 1.54) is 0 Å². The second-order valence-electron chi connectivity index (χ2n) is 4.99. The Bertz CT molecular complexity index is 238. The molecule has 2 aliphatic rings. The Morgan fingerprint density at radius 2 is 2.06 bits per heavy atom. The lowest BCUT2D eigenvalue weighted by Crippen LogP contribution is -2.50. The average Bonchev–Trinajstić information content (AvgIpc) is 2.33. The highest BCUT2D eigenvalue weighted by Crippen LogP contribution is 2.30. The van der Waals surface area contributed by atoms with E-state index in [0.717, 1.165) is 58.6 Å². The topological polar surface area (TPSA) is 38.8 Å². The summed E-state index contributed by atoms with van der Waals surface area (Å²) >= 11 is 0. The maximum atomic E-state index is 11.3. The molecule has 2 rings (SSSR count). The zero-order valence-corrected chi connectivity index (χ0v) is 9.98. The van der Waals surface area contributed by atoms with Gasteiger partial charge in [0, 0.05) is 37.8 Å². The van der Waals surface area contributed by atoms with Crippen LogP contribution in [0.1, 0.15) is 19.8 Å². The van der Waals surface area contributed by atoms with Crippen LogP contribution in [0, 0.1) is 5.41 Å². The molecule has 0 aliphatic carbocycles. The Morgan fingerprint density at radius 3 is 2.69 bits per heavy atom. The Balaban J connectivity index is 1.96. The summed E-state index contributed by atoms with van der Waals surface area (Å²) in [6.45, 7) is 6.98. The van der Waals surface area contributed by atoms with E-state index >= 15 is 0 Å². The third-order valence-corrected chi connectivity index (χ3v) is 3.76. The molecule has 0 radical (unpaired) electrons. The van der Waals surface area contributed by atoms with Crippen molar-refractivity contribution in [3.05, 3.63) is 0 Å². The van der Waals surface area contributed by atoms with Crippen LogP contribution in [0.4, 0.5) is 0 Å². The minimum Gasteiger partial charge on any atom is -0.381 e. The summed E-state index contributed by atoms with van der Waals surface area (Å²) in [4.78, 5) is 13.7. The van der Waals surface area contributed by atoms with Gasteiger partial charge in [0.2, 0.25) is 0 Å². The molecule has 1 unspecified atom stereocenters. The molecule has 2 aliphatic heterocycles. The fourth-order valence-corrected chi connectivity index (χ4v) is 2.49. The fraction of sp³-hybridized carbons (Fsp3) is 0.917. The number of aldehydes is 1. The van der Waals surface area contributed by atoms with Gasteiger partial charge in [0.05, 0.1) is 13.2 Å². The Kier molecular flexibility index (Phi) is 3.95. The van der Waals surface area contributed by atoms with Crippen molar-refractivity contribution in [3.63, 3.8) is 0 Å². The molecule has 1 atom stereocenters. The number of nitrogens with zero attached hydrogens (tertiary/aromatic N) is 1. The molecule has 0 amide bonds. The van der Waals surface area contributed by atoms with Crippen molar-refractivity contribution in [2.24, 2.45) is 5.41 Å². The van der Waals surface area contributed by atoms with Crippen LogP contribution >= 0.6 is 0 Å². The van der Waals surface area contributed by atoms with Gasteiger partial charge in [-0.25, -0.2) is 0 Å². The quantitative estimate of drug-likeness (QED) is 0.665. The molecular formula is C12H21NO3. The molecule has 2 heterocycles. The van der Waals surface area contributed by atoms with Gasteiger partial charge in [-0.05, 0) is 19.8 Å². The van der Waals surface area contributed by atoms with Gasteiger partial charge in [0.1, 0.15) is 6.29 Å². The lowest BCUT2D eigenvalue weighted by molar-refractivity contribution is -0.125. The average molecular weight is 227 g/mol. The molecule has 2 fully saturated rings. The number of carbonyl (C=O) groups excluding carboxylic acids is 1. The van der Waals surface area contributed by atoms with E-state index < -0.39 is 0 Å². The van der Waals surface area contributed by atoms with Crippen molar-refractivity contribution in [3.8, 4) is 0 Å². The van der Waals surface area contributed by atoms with Crippen molar-refractivity contribution in [1.82, 2.24) is 4.90 Å². The molecule has 0 saturated carbocycles. The summed E-state index contributed by atoms with van der Waals surface area (Å²) in [5.41, 5.74) is -0.177. The number of rotatable bonds is 3. The van der Waals surface area contributed by atoms with Gasteiger partial charge in [-0.1, -0.05) is 0 Å². The SMILES string of the molecule is CC1COCCN1CC1(C=O)CCOCC1. The van der Waals surface area contributed by atoms with E-state index in [4.69, 9.17) is 9.47 Å². The predicted octanol–water partition coefficient (Wildman–Crippen LogP) is 0.703. The summed E-state index contributed by atoms with van der Waals surface area (Å²) in [5, 5.41) is 0. The molecule has 0 aromatic rings. The number of morpholine rings is 1.